The van der Waals surface area contributed by atoms with Gasteiger partial charge < -0.3 is 0 Å². The van der Waals surface area contributed by atoms with Crippen LogP contribution < -0.4 is 44.3 Å². The second-order valence-electron chi connectivity index (χ2n) is 0.500. The molecule has 7 heavy (non-hydrogen) atoms. The molecule has 0 amide bonds. The molecule has 34 valence electrons. The van der Waals surface area contributed by atoms with Crippen molar-refractivity contribution in [1.29, 1.82) is 0 Å². The summed E-state index contributed by atoms with van der Waals surface area (Å²) in [6.07, 6.45) is 0. The minimum atomic E-state index is -6.00. The molecule has 7 heteroatoms. The van der Waals surface area contributed by atoms with E-state index < -0.39 is 18.1 Å². The first-order chi connectivity index (χ1) is 2.00. The number of hydrogen-bond acceptors (Lipinski definition) is 4. The van der Waals surface area contributed by atoms with Gasteiger partial charge in [-0.15, -0.1) is 0 Å². The Morgan fingerprint density at radius 1 is 0.857 bits per heavy atom. The van der Waals surface area contributed by atoms with Gasteiger partial charge in [0.25, 0.3) is 0 Å². The zero-order chi connectivity index (χ0) is 4.50. The van der Waals surface area contributed by atoms with Crippen LogP contribution in [0.3, 0.4) is 0 Å². The summed E-state index contributed by atoms with van der Waals surface area (Å²) in [6, 6.07) is 0. The average Bonchev–Trinajstić information content (AvgIpc) is 0.722. The Hall–Kier alpha value is 2.44. The summed E-state index contributed by atoms with van der Waals surface area (Å²) in [5.41, 5.74) is 0. The molecule has 0 aromatic heterocycles. The summed E-state index contributed by atoms with van der Waals surface area (Å²) < 4.78 is 34.5. The molecule has 0 saturated carbocycles. The molecule has 0 saturated heterocycles. The third-order valence-corrected chi connectivity index (χ3v) is 0. The van der Waals surface area contributed by atoms with E-state index in [4.69, 9.17) is 14.8 Å². The van der Waals surface area contributed by atoms with E-state index in [0.29, 0.717) is 0 Å². The van der Waals surface area contributed by atoms with Gasteiger partial charge in [0, 0.05) is 0 Å². The predicted octanol–water partition coefficient (Wildman–Crippen LogP) is -8.14. The van der Waals surface area contributed by atoms with Crippen LogP contribution in [-0.4, -0.2) is 26.2 Å². The maximum absolute atomic E-state index is 8.62. The molecule has 0 heterocycles. The van der Waals surface area contributed by atoms with Gasteiger partial charge in [0.1, 0.15) is 0 Å². The van der Waals surface area contributed by atoms with E-state index in [1.807, 2.05) is 0 Å². The quantitative estimate of drug-likeness (QED) is 0.408. The summed E-state index contributed by atoms with van der Waals surface area (Å²) in [5, 5.41) is 0. The summed E-state index contributed by atoms with van der Waals surface area (Å²) in [4.78, 5) is 0. The summed E-state index contributed by atoms with van der Waals surface area (Å²) >= 11 is -6.00. The fourth-order valence-electron chi connectivity index (χ4n) is 0. The van der Waals surface area contributed by atoms with Gasteiger partial charge in [-0.1, -0.05) is 0 Å². The standard InChI is InChI=1S/Bi.Na.4O.Ti/q+3;+1;4*-1;. The van der Waals surface area contributed by atoms with Crippen LogP contribution in [0.25, 0.3) is 0 Å². The van der Waals surface area contributed by atoms with Crippen LogP contribution in [0.4, 0.5) is 0 Å². The van der Waals surface area contributed by atoms with Crippen molar-refractivity contribution in [3.8, 4) is 0 Å². The molecule has 0 aliphatic carbocycles. The van der Waals surface area contributed by atoms with Crippen molar-refractivity contribution in [2.24, 2.45) is 0 Å². The van der Waals surface area contributed by atoms with E-state index in [2.05, 4.69) is 0 Å². The molecule has 4 nitrogen and oxygen atoms in total. The molecule has 0 aromatic carbocycles. The van der Waals surface area contributed by atoms with Crippen LogP contribution in [0.5, 0.6) is 0 Å². The van der Waals surface area contributed by atoms with E-state index >= 15 is 0 Å². The monoisotopic (exact) mass is 344 g/mol. The Morgan fingerprint density at radius 2 is 0.857 bits per heavy atom. The zero-order valence-electron chi connectivity index (χ0n) is 3.58. The molecule has 0 spiro atoms. The maximum atomic E-state index is 8.62. The van der Waals surface area contributed by atoms with E-state index in [-0.39, 0.29) is 55.8 Å². The Balaban J connectivity index is -0.0000000800. The molecule has 0 aromatic rings. The summed E-state index contributed by atoms with van der Waals surface area (Å²) in [5.74, 6) is 0. The van der Waals surface area contributed by atoms with Crippen molar-refractivity contribution in [2.75, 3.05) is 0 Å². The average molecular weight is 344 g/mol. The van der Waals surface area contributed by atoms with Crippen LogP contribution in [0.2, 0.25) is 0 Å². The van der Waals surface area contributed by atoms with Crippen molar-refractivity contribution in [1.82, 2.24) is 0 Å². The summed E-state index contributed by atoms with van der Waals surface area (Å²) in [7, 11) is 0. The van der Waals surface area contributed by atoms with Crippen molar-refractivity contribution >= 4 is 26.2 Å². The first-order valence-electron chi connectivity index (χ1n) is 0.816. The fraction of sp³-hybridized carbons (Fsp3) is 0. The zero-order valence-corrected chi connectivity index (χ0v) is 10.6. The van der Waals surface area contributed by atoms with E-state index in [1.54, 1.807) is 0 Å². The topological polar surface area (TPSA) is 92.2 Å². The molecule has 0 rings (SSSR count). The van der Waals surface area contributed by atoms with Crippen LogP contribution >= 0.6 is 0 Å². The molecule has 0 atom stereocenters. The predicted molar refractivity (Wildman–Crippen MR) is 5.75 cm³/mol. The first kappa shape index (κ1) is 16.2. The van der Waals surface area contributed by atoms with Crippen molar-refractivity contribution in [3.63, 3.8) is 0 Å². The van der Waals surface area contributed by atoms with Gasteiger partial charge in [0.2, 0.25) is 0 Å². The number of hydrogen-bond donors (Lipinski definition) is 0. The molecule has 0 aliphatic rings. The first-order valence-corrected chi connectivity index (χ1v) is 3.37. The van der Waals surface area contributed by atoms with Crippen LogP contribution in [0.15, 0.2) is 0 Å². The van der Waals surface area contributed by atoms with Gasteiger partial charge >= 0.3 is 88.7 Å². The molecule has 0 N–H and O–H groups in total. The number of rotatable bonds is 0. The normalized spacial score (nSPS) is 8.57. The Kier molecular flexibility index (Phi) is 15.2. The molecule has 0 aliphatic heterocycles. The van der Waals surface area contributed by atoms with Crippen LogP contribution in [0.1, 0.15) is 0 Å². The minimum absolute atomic E-state index is 0. The van der Waals surface area contributed by atoms with Crippen molar-refractivity contribution in [2.45, 2.75) is 0 Å². The molecular formula is BiNaO4Ti. The van der Waals surface area contributed by atoms with Gasteiger partial charge in [-0.05, 0) is 0 Å². The second-order valence-corrected chi connectivity index (χ2v) is 2.06. The third kappa shape index (κ3) is 58.9. The molecule has 0 fully saturated rings. The third-order valence-electron chi connectivity index (χ3n) is 0. The van der Waals surface area contributed by atoms with E-state index in [9.17, 15) is 0 Å². The molecular weight excluding hydrogens is 344 g/mol. The Morgan fingerprint density at radius 3 is 0.857 bits per heavy atom. The second kappa shape index (κ2) is 6.56. The molecule has 0 unspecified atom stereocenters. The van der Waals surface area contributed by atoms with Crippen molar-refractivity contribution in [3.05, 3.63) is 0 Å². The molecule has 2 radical (unpaired) electrons. The van der Waals surface area contributed by atoms with Crippen LogP contribution in [0, 0.1) is 0 Å². The van der Waals surface area contributed by atoms with Gasteiger partial charge in [0.15, 0.2) is 0 Å². The van der Waals surface area contributed by atoms with Gasteiger partial charge in [-0.3, -0.25) is 0 Å². The van der Waals surface area contributed by atoms with E-state index in [0.717, 1.165) is 0 Å². The molecule has 0 bridgehead atoms. The summed E-state index contributed by atoms with van der Waals surface area (Å²) in [6.45, 7) is 0. The van der Waals surface area contributed by atoms with Crippen molar-refractivity contribution < 1.29 is 62.5 Å². The van der Waals surface area contributed by atoms with Gasteiger partial charge in [-0.25, -0.2) is 0 Å². The fourth-order valence-corrected chi connectivity index (χ4v) is 0. The Labute approximate surface area is 87.2 Å². The van der Waals surface area contributed by atoms with Crippen LogP contribution in [-0.2, 0) is 18.1 Å². The van der Waals surface area contributed by atoms with Gasteiger partial charge in [-0.2, -0.15) is 0 Å². The SMILES string of the molecule is [Bi+3].[Na+].[O-][Ti]([O-])([O-])[O-]. The van der Waals surface area contributed by atoms with Gasteiger partial charge in [0.05, 0.1) is 0 Å². The Bertz CT molecular complexity index is 27.2. The van der Waals surface area contributed by atoms with E-state index in [1.165, 1.54) is 0 Å².